The quantitative estimate of drug-likeness (QED) is 0.839. The summed E-state index contributed by atoms with van der Waals surface area (Å²) >= 11 is 0. The van der Waals surface area contributed by atoms with Gasteiger partial charge in [0.05, 0.1) is 4.90 Å². The van der Waals surface area contributed by atoms with Gasteiger partial charge in [0, 0.05) is 12.2 Å². The second-order valence-electron chi connectivity index (χ2n) is 6.87. The van der Waals surface area contributed by atoms with E-state index in [-0.39, 0.29) is 15.7 Å². The van der Waals surface area contributed by atoms with Gasteiger partial charge in [0.2, 0.25) is 10.0 Å². The Morgan fingerprint density at radius 2 is 1.75 bits per heavy atom. The van der Waals surface area contributed by atoms with Crippen molar-refractivity contribution >= 4 is 15.7 Å². The lowest BCUT2D eigenvalue weighted by atomic mass is 10.0. The Morgan fingerprint density at radius 3 is 2.20 bits per heavy atom. The number of aryl methyl sites for hydroxylation is 1. The van der Waals surface area contributed by atoms with Crippen molar-refractivity contribution in [3.8, 4) is 0 Å². The van der Waals surface area contributed by atoms with Gasteiger partial charge in [-0.25, -0.2) is 13.1 Å². The molecule has 2 rings (SSSR count). The number of hydrogen-bond donors (Lipinski definition) is 2. The predicted octanol–water partition coefficient (Wildman–Crippen LogP) is 2.54. The van der Waals surface area contributed by atoms with E-state index >= 15 is 0 Å². The smallest absolute Gasteiger partial charge is 0.240 e. The zero-order chi connectivity index (χ0) is 15.3. The number of rotatable bonds is 4. The third-order valence-corrected chi connectivity index (χ3v) is 6.78. The van der Waals surface area contributed by atoms with E-state index < -0.39 is 10.0 Å². The summed E-state index contributed by atoms with van der Waals surface area (Å²) in [7, 11) is -3.48. The molecule has 1 aliphatic carbocycles. The Morgan fingerprint density at radius 1 is 1.20 bits per heavy atom. The normalized spacial score (nSPS) is 20.9. The van der Waals surface area contributed by atoms with Gasteiger partial charge in [0.25, 0.3) is 0 Å². The molecule has 0 saturated heterocycles. The molecule has 112 valence electrons. The topological polar surface area (TPSA) is 72.2 Å². The van der Waals surface area contributed by atoms with E-state index in [9.17, 15) is 8.42 Å². The van der Waals surface area contributed by atoms with Crippen LogP contribution in [0, 0.1) is 23.7 Å². The highest BCUT2D eigenvalue weighted by Crippen LogP contribution is 2.67. The second kappa shape index (κ2) is 4.46. The molecule has 1 aromatic carbocycles. The first kappa shape index (κ1) is 15.3. The highest BCUT2D eigenvalue weighted by Gasteiger charge is 2.64. The fourth-order valence-electron chi connectivity index (χ4n) is 2.91. The van der Waals surface area contributed by atoms with Gasteiger partial charge in [-0.15, -0.1) is 0 Å². The Kier molecular flexibility index (Phi) is 3.42. The molecule has 0 unspecified atom stereocenters. The van der Waals surface area contributed by atoms with Gasteiger partial charge in [-0.1, -0.05) is 33.8 Å². The van der Waals surface area contributed by atoms with Crippen molar-refractivity contribution < 1.29 is 8.42 Å². The SMILES string of the molecule is Cc1ccc(S(=O)(=O)NCC2C(C)(C)C2(C)C)cc1N. The van der Waals surface area contributed by atoms with E-state index in [0.717, 1.165) is 5.56 Å². The summed E-state index contributed by atoms with van der Waals surface area (Å²) in [5, 5.41) is 0. The summed E-state index contributed by atoms with van der Waals surface area (Å²) in [6, 6.07) is 4.84. The summed E-state index contributed by atoms with van der Waals surface area (Å²) in [6.45, 7) is 11.0. The fourth-order valence-corrected chi connectivity index (χ4v) is 3.99. The van der Waals surface area contributed by atoms with Crippen LogP contribution < -0.4 is 10.5 Å². The first-order valence-corrected chi connectivity index (χ1v) is 8.34. The summed E-state index contributed by atoms with van der Waals surface area (Å²) in [4.78, 5) is 0.233. The highest BCUT2D eigenvalue weighted by molar-refractivity contribution is 7.89. The van der Waals surface area contributed by atoms with Crippen LogP contribution in [0.5, 0.6) is 0 Å². The number of hydrogen-bond acceptors (Lipinski definition) is 3. The summed E-state index contributed by atoms with van der Waals surface area (Å²) in [6.07, 6.45) is 0. The molecule has 20 heavy (non-hydrogen) atoms. The average Bonchev–Trinajstić information content (AvgIpc) is 2.70. The van der Waals surface area contributed by atoms with Crippen LogP contribution in [0.3, 0.4) is 0 Å². The van der Waals surface area contributed by atoms with E-state index in [2.05, 4.69) is 32.4 Å². The first-order valence-electron chi connectivity index (χ1n) is 6.86. The molecule has 0 aromatic heterocycles. The van der Waals surface area contributed by atoms with Crippen LogP contribution in [0.4, 0.5) is 5.69 Å². The summed E-state index contributed by atoms with van der Waals surface area (Å²) < 4.78 is 27.3. The van der Waals surface area contributed by atoms with Crippen LogP contribution in [-0.4, -0.2) is 15.0 Å². The van der Waals surface area contributed by atoms with Crippen LogP contribution in [0.25, 0.3) is 0 Å². The highest BCUT2D eigenvalue weighted by atomic mass is 32.2. The van der Waals surface area contributed by atoms with Crippen molar-refractivity contribution in [2.24, 2.45) is 16.7 Å². The molecule has 0 atom stereocenters. The fraction of sp³-hybridized carbons (Fsp3) is 0.600. The largest absolute Gasteiger partial charge is 0.398 e. The van der Waals surface area contributed by atoms with Gasteiger partial charge in [-0.2, -0.15) is 0 Å². The Labute approximate surface area is 121 Å². The van der Waals surface area contributed by atoms with Gasteiger partial charge in [-0.3, -0.25) is 0 Å². The molecule has 1 aliphatic rings. The lowest BCUT2D eigenvalue weighted by Gasteiger charge is -2.09. The van der Waals surface area contributed by atoms with Gasteiger partial charge < -0.3 is 5.73 Å². The van der Waals surface area contributed by atoms with E-state index in [0.29, 0.717) is 18.2 Å². The minimum atomic E-state index is -3.48. The third kappa shape index (κ3) is 2.33. The number of nitrogens with one attached hydrogen (secondary N) is 1. The van der Waals surface area contributed by atoms with Crippen molar-refractivity contribution in [2.45, 2.75) is 39.5 Å². The van der Waals surface area contributed by atoms with Gasteiger partial charge in [-0.05, 0) is 41.4 Å². The van der Waals surface area contributed by atoms with Gasteiger partial charge in [0.1, 0.15) is 0 Å². The molecule has 4 nitrogen and oxygen atoms in total. The van der Waals surface area contributed by atoms with Crippen molar-refractivity contribution in [3.05, 3.63) is 23.8 Å². The van der Waals surface area contributed by atoms with E-state index in [1.54, 1.807) is 12.1 Å². The molecule has 3 N–H and O–H groups in total. The molecule has 0 spiro atoms. The Hall–Kier alpha value is -1.07. The molecule has 0 bridgehead atoms. The van der Waals surface area contributed by atoms with Gasteiger partial charge in [0.15, 0.2) is 0 Å². The van der Waals surface area contributed by atoms with Crippen molar-refractivity contribution in [3.63, 3.8) is 0 Å². The minimum Gasteiger partial charge on any atom is -0.398 e. The Bertz CT molecular complexity index is 619. The lowest BCUT2D eigenvalue weighted by molar-refractivity contribution is 0.457. The van der Waals surface area contributed by atoms with Crippen LogP contribution in [0.15, 0.2) is 23.1 Å². The molecular weight excluding hydrogens is 272 g/mol. The van der Waals surface area contributed by atoms with Crippen LogP contribution in [-0.2, 0) is 10.0 Å². The molecular formula is C15H24N2O2S. The predicted molar refractivity (Wildman–Crippen MR) is 81.8 cm³/mol. The molecule has 1 aromatic rings. The number of nitrogen functional groups attached to an aromatic ring is 1. The van der Waals surface area contributed by atoms with Crippen molar-refractivity contribution in [1.29, 1.82) is 0 Å². The van der Waals surface area contributed by atoms with Crippen LogP contribution in [0.1, 0.15) is 33.3 Å². The van der Waals surface area contributed by atoms with E-state index in [1.165, 1.54) is 6.07 Å². The second-order valence-corrected chi connectivity index (χ2v) is 8.63. The standard InChI is InChI=1S/C15H24N2O2S/c1-10-6-7-11(8-12(10)16)20(18,19)17-9-13-14(2,3)15(13,4)5/h6-8,13,17H,9,16H2,1-5H3. The van der Waals surface area contributed by atoms with E-state index in [1.807, 2.05) is 6.92 Å². The van der Waals surface area contributed by atoms with Crippen molar-refractivity contribution in [1.82, 2.24) is 4.72 Å². The number of sulfonamides is 1. The summed E-state index contributed by atoms with van der Waals surface area (Å²) in [5.41, 5.74) is 7.50. The van der Waals surface area contributed by atoms with Crippen molar-refractivity contribution in [2.75, 3.05) is 12.3 Å². The minimum absolute atomic E-state index is 0.168. The maximum atomic E-state index is 12.3. The number of benzene rings is 1. The van der Waals surface area contributed by atoms with Crippen LogP contribution >= 0.6 is 0 Å². The van der Waals surface area contributed by atoms with Crippen LogP contribution in [0.2, 0.25) is 0 Å². The monoisotopic (exact) mass is 296 g/mol. The number of nitrogens with two attached hydrogens (primary N) is 1. The maximum absolute atomic E-state index is 12.3. The first-order chi connectivity index (χ1) is 9.00. The third-order valence-electron chi connectivity index (χ3n) is 5.36. The zero-order valence-electron chi connectivity index (χ0n) is 12.8. The molecule has 0 amide bonds. The number of anilines is 1. The Balaban J connectivity index is 2.11. The molecule has 5 heteroatoms. The molecule has 0 heterocycles. The average molecular weight is 296 g/mol. The lowest BCUT2D eigenvalue weighted by Crippen LogP contribution is -2.27. The summed E-state index contributed by atoms with van der Waals surface area (Å²) in [5.74, 6) is 0.354. The maximum Gasteiger partial charge on any atom is 0.240 e. The molecule has 0 aliphatic heterocycles. The molecule has 1 saturated carbocycles. The molecule has 0 radical (unpaired) electrons. The zero-order valence-corrected chi connectivity index (χ0v) is 13.6. The van der Waals surface area contributed by atoms with Gasteiger partial charge >= 0.3 is 0 Å². The van der Waals surface area contributed by atoms with E-state index in [4.69, 9.17) is 5.73 Å². The molecule has 1 fully saturated rings.